The fraction of sp³-hybridized carbons (Fsp3) is 0.200. The Morgan fingerprint density at radius 2 is 1.30 bits per heavy atom. The van der Waals surface area contributed by atoms with Crippen molar-refractivity contribution in [3.8, 4) is 0 Å². The lowest BCUT2D eigenvalue weighted by atomic mass is 10.0. The second kappa shape index (κ2) is 3.40. The van der Waals surface area contributed by atoms with Crippen molar-refractivity contribution in [1.82, 2.24) is 0 Å². The Morgan fingerprint density at radius 1 is 0.900 bits per heavy atom. The topological polar surface area (TPSA) is 0 Å². The molecule has 0 aromatic heterocycles. The van der Waals surface area contributed by atoms with Gasteiger partial charge in [-0.2, -0.15) is 0 Å². The Bertz CT molecular complexity index is 178. The lowest BCUT2D eigenvalue weighted by Crippen LogP contribution is -1.88. The average Bonchev–Trinajstić information content (AvgIpc) is 2.04. The van der Waals surface area contributed by atoms with Gasteiger partial charge >= 0.3 is 0 Å². The molecule has 2 radical (unpaired) electrons. The first-order valence-electron chi connectivity index (χ1n) is 3.53. The van der Waals surface area contributed by atoms with Crippen molar-refractivity contribution >= 4 is 0 Å². The second-order valence-corrected chi connectivity index (χ2v) is 2.27. The van der Waals surface area contributed by atoms with Crippen LogP contribution >= 0.6 is 0 Å². The van der Waals surface area contributed by atoms with E-state index in [2.05, 4.69) is 26.0 Å². The summed E-state index contributed by atoms with van der Waals surface area (Å²) in [4.78, 5) is 0. The number of hydrogen-bond donors (Lipinski definition) is 0. The summed E-state index contributed by atoms with van der Waals surface area (Å²) >= 11 is 0. The van der Waals surface area contributed by atoms with Gasteiger partial charge in [-0.1, -0.05) is 24.3 Å². The molecule has 0 unspecified atom stereocenters. The van der Waals surface area contributed by atoms with Crippen molar-refractivity contribution in [2.24, 2.45) is 0 Å². The Balaban J connectivity index is 2.96. The van der Waals surface area contributed by atoms with Crippen LogP contribution in [0.2, 0.25) is 0 Å². The van der Waals surface area contributed by atoms with E-state index in [9.17, 15) is 0 Å². The fourth-order valence-electron chi connectivity index (χ4n) is 1.05. The minimum atomic E-state index is 0.867. The van der Waals surface area contributed by atoms with E-state index < -0.39 is 0 Å². The van der Waals surface area contributed by atoms with E-state index in [1.165, 1.54) is 11.1 Å². The normalized spacial score (nSPS) is 9.80. The maximum atomic E-state index is 3.84. The molecule has 0 bridgehead atoms. The average molecular weight is 132 g/mol. The summed E-state index contributed by atoms with van der Waals surface area (Å²) in [7, 11) is 0. The Kier molecular flexibility index (Phi) is 2.49. The molecule has 0 heteroatoms. The van der Waals surface area contributed by atoms with Gasteiger partial charge in [-0.3, -0.25) is 0 Å². The first-order chi connectivity index (χ1) is 4.88. The molecule has 0 amide bonds. The van der Waals surface area contributed by atoms with Crippen LogP contribution in [0.25, 0.3) is 0 Å². The standard InChI is InChI=1S/C10H12/c1-3-9-7-5-6-8-10(9)4-2/h5-8H,1-4H2. The number of hydrogen-bond acceptors (Lipinski definition) is 0. The highest BCUT2D eigenvalue weighted by Gasteiger charge is 1.94. The summed E-state index contributed by atoms with van der Waals surface area (Å²) in [6.07, 6.45) is 1.73. The number of rotatable bonds is 2. The van der Waals surface area contributed by atoms with Crippen molar-refractivity contribution < 1.29 is 0 Å². The highest BCUT2D eigenvalue weighted by molar-refractivity contribution is 5.27. The molecule has 0 N–H and O–H groups in total. The molecule has 1 aromatic rings. The van der Waals surface area contributed by atoms with E-state index >= 15 is 0 Å². The van der Waals surface area contributed by atoms with E-state index in [4.69, 9.17) is 0 Å². The van der Waals surface area contributed by atoms with Crippen LogP contribution in [-0.4, -0.2) is 0 Å². The van der Waals surface area contributed by atoms with Crippen LogP contribution in [0.3, 0.4) is 0 Å². The Labute approximate surface area is 62.9 Å². The highest BCUT2D eigenvalue weighted by atomic mass is 14.0. The van der Waals surface area contributed by atoms with Crippen molar-refractivity contribution in [3.63, 3.8) is 0 Å². The molecule has 1 rings (SSSR count). The van der Waals surface area contributed by atoms with Gasteiger partial charge in [0.25, 0.3) is 0 Å². The number of benzene rings is 1. The predicted molar refractivity (Wildman–Crippen MR) is 44.6 cm³/mol. The van der Waals surface area contributed by atoms with Crippen LogP contribution < -0.4 is 0 Å². The van der Waals surface area contributed by atoms with Crippen LogP contribution in [0.4, 0.5) is 0 Å². The van der Waals surface area contributed by atoms with Crippen molar-refractivity contribution in [3.05, 3.63) is 49.2 Å². The largest absolute Gasteiger partial charge is 0.0620 e. The quantitative estimate of drug-likeness (QED) is 0.579. The summed E-state index contributed by atoms with van der Waals surface area (Å²) in [6.45, 7) is 7.67. The summed E-state index contributed by atoms with van der Waals surface area (Å²) in [5, 5.41) is 0. The summed E-state index contributed by atoms with van der Waals surface area (Å²) < 4.78 is 0. The smallest absolute Gasteiger partial charge is 0.0276 e. The predicted octanol–water partition coefficient (Wildman–Crippen LogP) is 2.44. The molecule has 10 heavy (non-hydrogen) atoms. The Hall–Kier alpha value is -0.780. The van der Waals surface area contributed by atoms with E-state index in [1.807, 2.05) is 12.1 Å². The molecule has 0 spiro atoms. The van der Waals surface area contributed by atoms with Crippen LogP contribution in [0.15, 0.2) is 24.3 Å². The monoisotopic (exact) mass is 132 g/mol. The SMILES string of the molecule is [CH2]Cc1ccccc1C[CH2]. The fourth-order valence-corrected chi connectivity index (χ4v) is 1.05. The van der Waals surface area contributed by atoms with Gasteiger partial charge in [0.2, 0.25) is 0 Å². The van der Waals surface area contributed by atoms with Crippen molar-refractivity contribution in [2.45, 2.75) is 12.8 Å². The summed E-state index contributed by atoms with van der Waals surface area (Å²) in [6, 6.07) is 8.29. The molecule has 0 aliphatic carbocycles. The van der Waals surface area contributed by atoms with Gasteiger partial charge in [0, 0.05) is 0 Å². The van der Waals surface area contributed by atoms with Gasteiger partial charge in [0.15, 0.2) is 0 Å². The van der Waals surface area contributed by atoms with Crippen LogP contribution in [0.1, 0.15) is 11.1 Å². The molecular formula is C10H12. The van der Waals surface area contributed by atoms with Crippen LogP contribution in [0.5, 0.6) is 0 Å². The van der Waals surface area contributed by atoms with Crippen molar-refractivity contribution in [2.75, 3.05) is 0 Å². The molecular weight excluding hydrogens is 120 g/mol. The maximum absolute atomic E-state index is 3.84. The van der Waals surface area contributed by atoms with E-state index in [0.29, 0.717) is 0 Å². The first kappa shape index (κ1) is 7.33. The lowest BCUT2D eigenvalue weighted by molar-refractivity contribution is 1.15. The molecule has 0 nitrogen and oxygen atoms in total. The van der Waals surface area contributed by atoms with E-state index in [0.717, 1.165) is 12.8 Å². The molecule has 0 saturated carbocycles. The summed E-state index contributed by atoms with van der Waals surface area (Å²) in [5.74, 6) is 0. The third-order valence-electron chi connectivity index (χ3n) is 1.66. The van der Waals surface area contributed by atoms with E-state index in [1.54, 1.807) is 0 Å². The zero-order valence-electron chi connectivity index (χ0n) is 6.14. The molecule has 0 fully saturated rings. The van der Waals surface area contributed by atoms with Gasteiger partial charge in [0.1, 0.15) is 0 Å². The zero-order chi connectivity index (χ0) is 7.40. The lowest BCUT2D eigenvalue weighted by Gasteiger charge is -2.02. The van der Waals surface area contributed by atoms with Crippen LogP contribution in [0, 0.1) is 13.8 Å². The second-order valence-electron chi connectivity index (χ2n) is 2.27. The first-order valence-corrected chi connectivity index (χ1v) is 3.53. The van der Waals surface area contributed by atoms with E-state index in [-0.39, 0.29) is 0 Å². The van der Waals surface area contributed by atoms with Crippen LogP contribution in [-0.2, 0) is 12.8 Å². The van der Waals surface area contributed by atoms with Gasteiger partial charge < -0.3 is 0 Å². The summed E-state index contributed by atoms with van der Waals surface area (Å²) in [5.41, 5.74) is 2.63. The minimum Gasteiger partial charge on any atom is -0.0620 e. The highest BCUT2D eigenvalue weighted by Crippen LogP contribution is 2.08. The third kappa shape index (κ3) is 1.38. The maximum Gasteiger partial charge on any atom is -0.0276 e. The molecule has 0 heterocycles. The molecule has 0 saturated heterocycles. The van der Waals surface area contributed by atoms with Gasteiger partial charge in [-0.25, -0.2) is 0 Å². The van der Waals surface area contributed by atoms with Gasteiger partial charge in [-0.15, -0.1) is 0 Å². The molecule has 0 atom stereocenters. The molecule has 0 aliphatic rings. The minimum absolute atomic E-state index is 0.867. The third-order valence-corrected chi connectivity index (χ3v) is 1.66. The zero-order valence-corrected chi connectivity index (χ0v) is 6.14. The Morgan fingerprint density at radius 3 is 1.60 bits per heavy atom. The molecule has 0 aliphatic heterocycles. The van der Waals surface area contributed by atoms with Gasteiger partial charge in [-0.05, 0) is 37.8 Å². The van der Waals surface area contributed by atoms with Crippen molar-refractivity contribution in [1.29, 1.82) is 0 Å². The molecule has 1 aromatic carbocycles. The molecule has 52 valence electrons. The van der Waals surface area contributed by atoms with Gasteiger partial charge in [0.05, 0.1) is 0 Å².